The first-order chi connectivity index (χ1) is 11.1. The molecule has 0 radical (unpaired) electrons. The fourth-order valence-electron chi connectivity index (χ4n) is 1.69. The van der Waals surface area contributed by atoms with E-state index in [9.17, 15) is 4.79 Å². The van der Waals surface area contributed by atoms with Gasteiger partial charge in [0.25, 0.3) is 5.91 Å². The number of ether oxygens (including phenoxy) is 3. The average Bonchev–Trinajstić information content (AvgIpc) is 2.60. The van der Waals surface area contributed by atoms with Crippen molar-refractivity contribution < 1.29 is 19.0 Å². The van der Waals surface area contributed by atoms with Crippen LogP contribution in [0.25, 0.3) is 0 Å². The van der Waals surface area contributed by atoms with E-state index in [0.29, 0.717) is 13.1 Å². The van der Waals surface area contributed by atoms with Gasteiger partial charge in [0.2, 0.25) is 0 Å². The molecule has 0 saturated heterocycles. The zero-order valence-corrected chi connectivity index (χ0v) is 13.5. The summed E-state index contributed by atoms with van der Waals surface area (Å²) in [7, 11) is 4.60. The largest absolute Gasteiger partial charge is 0.497 e. The molecule has 0 aliphatic rings. The van der Waals surface area contributed by atoms with Gasteiger partial charge >= 0.3 is 0 Å². The Labute approximate surface area is 135 Å². The third-order valence-electron chi connectivity index (χ3n) is 3.03. The number of nitrogens with one attached hydrogen (secondary N) is 2. The summed E-state index contributed by atoms with van der Waals surface area (Å²) in [5, 5.41) is 14.5. The van der Waals surface area contributed by atoms with Gasteiger partial charge in [-0.3, -0.25) is 4.79 Å². The molecule has 0 aromatic heterocycles. The highest BCUT2D eigenvalue weighted by atomic mass is 16.7. The Morgan fingerprint density at radius 3 is 2.43 bits per heavy atom. The van der Waals surface area contributed by atoms with Crippen molar-refractivity contribution >= 4 is 5.91 Å². The lowest BCUT2D eigenvalue weighted by atomic mass is 10.2. The van der Waals surface area contributed by atoms with Crippen LogP contribution in [0.15, 0.2) is 36.0 Å². The fourth-order valence-corrected chi connectivity index (χ4v) is 1.69. The third-order valence-corrected chi connectivity index (χ3v) is 3.03. The quantitative estimate of drug-likeness (QED) is 0.399. The molecule has 0 fully saturated rings. The minimum atomic E-state index is -0.456. The van der Waals surface area contributed by atoms with E-state index in [1.807, 2.05) is 18.2 Å². The number of hydrogen-bond acceptors (Lipinski definition) is 6. The molecule has 124 valence electrons. The van der Waals surface area contributed by atoms with Gasteiger partial charge in [0, 0.05) is 27.0 Å². The molecule has 1 aromatic carbocycles. The van der Waals surface area contributed by atoms with Crippen LogP contribution in [0, 0.1) is 11.3 Å². The summed E-state index contributed by atoms with van der Waals surface area (Å²) in [6, 6.07) is 9.15. The molecule has 0 aliphatic heterocycles. The maximum Gasteiger partial charge on any atom is 0.263 e. The molecule has 1 amide bonds. The van der Waals surface area contributed by atoms with Crippen LogP contribution in [0.4, 0.5) is 0 Å². The first-order valence-corrected chi connectivity index (χ1v) is 6.95. The molecule has 0 heterocycles. The van der Waals surface area contributed by atoms with Crippen molar-refractivity contribution in [3.05, 3.63) is 41.6 Å². The highest BCUT2D eigenvalue weighted by Gasteiger charge is 2.09. The average molecular weight is 319 g/mol. The predicted molar refractivity (Wildman–Crippen MR) is 84.3 cm³/mol. The van der Waals surface area contributed by atoms with Crippen LogP contribution in [-0.2, 0) is 20.8 Å². The van der Waals surface area contributed by atoms with Crippen LogP contribution in [0.3, 0.4) is 0 Å². The van der Waals surface area contributed by atoms with Gasteiger partial charge in [-0.15, -0.1) is 0 Å². The van der Waals surface area contributed by atoms with Crippen molar-refractivity contribution in [1.29, 1.82) is 5.26 Å². The third kappa shape index (κ3) is 6.38. The molecule has 1 rings (SSSR count). The molecular formula is C16H21N3O4. The van der Waals surface area contributed by atoms with Crippen molar-refractivity contribution in [3.63, 3.8) is 0 Å². The monoisotopic (exact) mass is 319 g/mol. The van der Waals surface area contributed by atoms with Gasteiger partial charge < -0.3 is 24.8 Å². The van der Waals surface area contributed by atoms with Gasteiger partial charge in [-0.1, -0.05) is 12.1 Å². The van der Waals surface area contributed by atoms with Gasteiger partial charge in [0.05, 0.1) is 13.7 Å². The number of amides is 1. The molecule has 0 atom stereocenters. The molecule has 0 bridgehead atoms. The molecule has 7 heteroatoms. The van der Waals surface area contributed by atoms with Crippen molar-refractivity contribution in [2.45, 2.75) is 12.8 Å². The van der Waals surface area contributed by atoms with Crippen LogP contribution in [0.1, 0.15) is 5.56 Å². The Morgan fingerprint density at radius 1 is 1.26 bits per heavy atom. The number of carbonyl (C=O) groups excluding carboxylic acids is 1. The highest BCUT2D eigenvalue weighted by Crippen LogP contribution is 2.11. The van der Waals surface area contributed by atoms with Gasteiger partial charge in [-0.05, 0) is 17.7 Å². The zero-order chi connectivity index (χ0) is 17.1. The second-order valence-corrected chi connectivity index (χ2v) is 4.51. The molecular weight excluding hydrogens is 298 g/mol. The van der Waals surface area contributed by atoms with Crippen LogP contribution in [0.5, 0.6) is 5.75 Å². The Bertz CT molecular complexity index is 560. The lowest BCUT2D eigenvalue weighted by molar-refractivity contribution is -0.117. The summed E-state index contributed by atoms with van der Waals surface area (Å²) >= 11 is 0. The lowest BCUT2D eigenvalue weighted by Crippen LogP contribution is -2.29. The van der Waals surface area contributed by atoms with E-state index in [1.165, 1.54) is 20.4 Å². The topological polar surface area (TPSA) is 92.6 Å². The van der Waals surface area contributed by atoms with E-state index in [0.717, 1.165) is 11.3 Å². The number of rotatable bonds is 9. The Morgan fingerprint density at radius 2 is 1.91 bits per heavy atom. The first kappa shape index (κ1) is 18.5. The summed E-state index contributed by atoms with van der Waals surface area (Å²) in [5.41, 5.74) is 0.882. The second kappa shape index (κ2) is 10.2. The number of nitriles is 1. The minimum Gasteiger partial charge on any atom is -0.497 e. The van der Waals surface area contributed by atoms with E-state index < -0.39 is 12.2 Å². The normalized spacial score (nSPS) is 11.0. The Hall–Kier alpha value is -2.56. The van der Waals surface area contributed by atoms with E-state index >= 15 is 0 Å². The summed E-state index contributed by atoms with van der Waals surface area (Å²) in [5.74, 6) is 0.287. The summed E-state index contributed by atoms with van der Waals surface area (Å²) in [6.45, 7) is 0.643. The summed E-state index contributed by atoms with van der Waals surface area (Å²) in [6.07, 6.45) is 0.891. The maximum absolute atomic E-state index is 12.0. The van der Waals surface area contributed by atoms with E-state index in [2.05, 4.69) is 10.6 Å². The van der Waals surface area contributed by atoms with Crippen LogP contribution < -0.4 is 15.4 Å². The van der Waals surface area contributed by atoms with Crippen LogP contribution in [0.2, 0.25) is 0 Å². The van der Waals surface area contributed by atoms with Crippen LogP contribution in [-0.4, -0.2) is 40.1 Å². The van der Waals surface area contributed by atoms with E-state index in [1.54, 1.807) is 19.2 Å². The molecule has 0 saturated carbocycles. The first-order valence-electron chi connectivity index (χ1n) is 6.95. The molecule has 0 unspecified atom stereocenters. The number of nitrogens with zero attached hydrogens (tertiary/aromatic N) is 1. The molecule has 1 aromatic rings. The van der Waals surface area contributed by atoms with Gasteiger partial charge in [0.1, 0.15) is 17.4 Å². The number of hydrogen-bond donors (Lipinski definition) is 2. The smallest absolute Gasteiger partial charge is 0.263 e. The Kier molecular flexibility index (Phi) is 8.21. The second-order valence-electron chi connectivity index (χ2n) is 4.51. The highest BCUT2D eigenvalue weighted by molar-refractivity contribution is 5.97. The molecule has 0 aliphatic carbocycles. The van der Waals surface area contributed by atoms with Crippen molar-refractivity contribution in [2.75, 3.05) is 27.9 Å². The van der Waals surface area contributed by atoms with Gasteiger partial charge in [0.15, 0.2) is 6.29 Å². The van der Waals surface area contributed by atoms with E-state index in [4.69, 9.17) is 19.5 Å². The number of methoxy groups -OCH3 is 3. The van der Waals surface area contributed by atoms with E-state index in [-0.39, 0.29) is 5.57 Å². The van der Waals surface area contributed by atoms with Crippen molar-refractivity contribution in [3.8, 4) is 11.8 Å². The van der Waals surface area contributed by atoms with Gasteiger partial charge in [-0.25, -0.2) is 0 Å². The van der Waals surface area contributed by atoms with Crippen molar-refractivity contribution in [2.24, 2.45) is 0 Å². The maximum atomic E-state index is 12.0. The summed E-state index contributed by atoms with van der Waals surface area (Å²) < 4.78 is 15.0. The number of carbonyl (C=O) groups is 1. The molecule has 23 heavy (non-hydrogen) atoms. The van der Waals surface area contributed by atoms with Crippen LogP contribution >= 0.6 is 0 Å². The molecule has 0 spiro atoms. The predicted octanol–water partition coefficient (Wildman–Crippen LogP) is 0.927. The molecule has 7 nitrogen and oxygen atoms in total. The minimum absolute atomic E-state index is 0.0236. The van der Waals surface area contributed by atoms with Crippen molar-refractivity contribution in [1.82, 2.24) is 10.6 Å². The lowest BCUT2D eigenvalue weighted by Gasteiger charge is -2.13. The van der Waals surface area contributed by atoms with Gasteiger partial charge in [-0.2, -0.15) is 5.26 Å². The standard InChI is InChI=1S/C16H21N3O4/c1-21-14-6-4-12(5-7-14)9-19-16(20)13(8-17)10-18-11-15(22-2)23-3/h4-7,10,15,18H,9,11H2,1-3H3,(H,19,20)/b13-10-. The number of benzene rings is 1. The summed E-state index contributed by atoms with van der Waals surface area (Å²) in [4.78, 5) is 12.0. The Balaban J connectivity index is 2.51. The molecule has 2 N–H and O–H groups in total. The zero-order valence-electron chi connectivity index (χ0n) is 13.5. The SMILES string of the molecule is COc1ccc(CNC(=O)/C(C#N)=C\NCC(OC)OC)cc1. The fraction of sp³-hybridized carbons (Fsp3) is 0.375.